The molecule has 1 saturated heterocycles. The molecule has 22 heavy (non-hydrogen) atoms. The number of hydrogen-bond donors (Lipinski definition) is 1. The van der Waals surface area contributed by atoms with Crippen LogP contribution < -0.4 is 5.32 Å². The van der Waals surface area contributed by atoms with Gasteiger partial charge < -0.3 is 10.2 Å². The molecule has 0 radical (unpaired) electrons. The maximum absolute atomic E-state index is 12.3. The van der Waals surface area contributed by atoms with Crippen LogP contribution in [-0.4, -0.2) is 40.4 Å². The van der Waals surface area contributed by atoms with Gasteiger partial charge in [0.1, 0.15) is 17.0 Å². The van der Waals surface area contributed by atoms with Crippen LogP contribution in [0.5, 0.6) is 0 Å². The Bertz CT molecular complexity index is 689. The Morgan fingerprint density at radius 3 is 2.82 bits per heavy atom. The molecule has 2 aromatic heterocycles. The van der Waals surface area contributed by atoms with E-state index in [4.69, 9.17) is 0 Å². The van der Waals surface area contributed by atoms with Crippen molar-refractivity contribution in [3.05, 3.63) is 16.8 Å². The smallest absolute Gasteiger partial charge is 0.241 e. The fourth-order valence-electron chi connectivity index (χ4n) is 2.85. The first-order valence-electron chi connectivity index (χ1n) is 7.78. The summed E-state index contributed by atoms with van der Waals surface area (Å²) in [5.41, 5.74) is 1.20. The van der Waals surface area contributed by atoms with Crippen LogP contribution in [0.15, 0.2) is 6.33 Å². The topological polar surface area (TPSA) is 58.1 Å². The molecular formula is C16H22N4OS. The average molecular weight is 318 g/mol. The molecule has 0 saturated carbocycles. The molecule has 5 nitrogen and oxygen atoms in total. The van der Waals surface area contributed by atoms with Crippen molar-refractivity contribution in [3.63, 3.8) is 0 Å². The van der Waals surface area contributed by atoms with Crippen molar-refractivity contribution in [2.75, 3.05) is 25.0 Å². The highest BCUT2D eigenvalue weighted by Gasteiger charge is 2.20. The number of nitrogens with zero attached hydrogens (tertiary/aromatic N) is 3. The Labute approximate surface area is 134 Å². The second-order valence-electron chi connectivity index (χ2n) is 6.10. The molecule has 0 atom stereocenters. The van der Waals surface area contributed by atoms with Gasteiger partial charge in [-0.15, -0.1) is 11.3 Å². The van der Waals surface area contributed by atoms with E-state index in [0.717, 1.165) is 47.9 Å². The highest BCUT2D eigenvalue weighted by atomic mass is 32.1. The van der Waals surface area contributed by atoms with Gasteiger partial charge in [0, 0.05) is 18.0 Å². The average Bonchev–Trinajstić information content (AvgIpc) is 2.81. The first-order valence-corrected chi connectivity index (χ1v) is 8.60. The van der Waals surface area contributed by atoms with E-state index in [2.05, 4.69) is 36.1 Å². The van der Waals surface area contributed by atoms with Gasteiger partial charge in [-0.25, -0.2) is 9.97 Å². The fraction of sp³-hybridized carbons (Fsp3) is 0.562. The van der Waals surface area contributed by atoms with E-state index in [1.165, 1.54) is 10.4 Å². The summed E-state index contributed by atoms with van der Waals surface area (Å²) >= 11 is 1.67. The molecule has 1 aliphatic rings. The van der Waals surface area contributed by atoms with Crippen LogP contribution in [0.1, 0.15) is 30.2 Å². The summed E-state index contributed by atoms with van der Waals surface area (Å²) in [6, 6.07) is 0. The maximum Gasteiger partial charge on any atom is 0.241 e. The minimum atomic E-state index is 0.156. The summed E-state index contributed by atoms with van der Waals surface area (Å²) in [5, 5.41) is 4.26. The molecule has 0 unspecified atom stereocenters. The van der Waals surface area contributed by atoms with Gasteiger partial charge in [-0.3, -0.25) is 4.79 Å². The lowest BCUT2D eigenvalue weighted by molar-refractivity contribution is -0.130. The molecule has 2 aromatic rings. The molecule has 0 spiro atoms. The summed E-state index contributed by atoms with van der Waals surface area (Å²) in [6.45, 7) is 8.46. The predicted molar refractivity (Wildman–Crippen MR) is 90.4 cm³/mol. The minimum Gasteiger partial charge on any atom is -0.360 e. The van der Waals surface area contributed by atoms with Crippen LogP contribution in [0.4, 0.5) is 5.82 Å². The Balaban J connectivity index is 1.70. The van der Waals surface area contributed by atoms with Crippen molar-refractivity contribution in [3.8, 4) is 0 Å². The van der Waals surface area contributed by atoms with Gasteiger partial charge in [-0.2, -0.15) is 0 Å². The monoisotopic (exact) mass is 318 g/mol. The molecule has 3 heterocycles. The lowest BCUT2D eigenvalue weighted by atomic mass is 9.99. The first kappa shape index (κ1) is 15.2. The van der Waals surface area contributed by atoms with Gasteiger partial charge in [0.15, 0.2) is 0 Å². The largest absolute Gasteiger partial charge is 0.360 e. The maximum atomic E-state index is 12.3. The molecule has 0 bridgehead atoms. The zero-order chi connectivity index (χ0) is 15.7. The van der Waals surface area contributed by atoms with Gasteiger partial charge in [-0.05, 0) is 38.2 Å². The lowest BCUT2D eigenvalue weighted by Gasteiger charge is -2.30. The van der Waals surface area contributed by atoms with E-state index in [-0.39, 0.29) is 5.91 Å². The van der Waals surface area contributed by atoms with Gasteiger partial charge in [0.25, 0.3) is 0 Å². The zero-order valence-corrected chi connectivity index (χ0v) is 14.2. The number of carbonyl (C=O) groups excluding carboxylic acids is 1. The Kier molecular flexibility index (Phi) is 4.29. The number of fused-ring (bicyclic) bond motifs is 1. The Morgan fingerprint density at radius 1 is 1.36 bits per heavy atom. The van der Waals surface area contributed by atoms with E-state index in [1.54, 1.807) is 17.7 Å². The number of hydrogen-bond acceptors (Lipinski definition) is 5. The lowest BCUT2D eigenvalue weighted by Crippen LogP contribution is -2.41. The fourth-order valence-corrected chi connectivity index (χ4v) is 3.84. The van der Waals surface area contributed by atoms with Crippen molar-refractivity contribution < 1.29 is 4.79 Å². The number of aromatic nitrogens is 2. The van der Waals surface area contributed by atoms with Crippen molar-refractivity contribution in [2.45, 2.75) is 33.6 Å². The summed E-state index contributed by atoms with van der Waals surface area (Å²) in [6.07, 6.45) is 3.77. The molecule has 118 valence electrons. The van der Waals surface area contributed by atoms with Gasteiger partial charge in [0.2, 0.25) is 5.91 Å². The predicted octanol–water partition coefficient (Wildman–Crippen LogP) is 2.98. The van der Waals surface area contributed by atoms with Crippen molar-refractivity contribution in [1.29, 1.82) is 0 Å². The SMILES string of the molecule is Cc1sc2ncnc(NCC(=O)N3CCC(C)CC3)c2c1C. The minimum absolute atomic E-state index is 0.156. The van der Waals surface area contributed by atoms with E-state index in [9.17, 15) is 4.79 Å². The third kappa shape index (κ3) is 2.92. The number of carbonyl (C=O) groups is 1. The van der Waals surface area contributed by atoms with Gasteiger partial charge >= 0.3 is 0 Å². The number of aryl methyl sites for hydroxylation is 2. The second-order valence-corrected chi connectivity index (χ2v) is 7.31. The van der Waals surface area contributed by atoms with Crippen LogP contribution in [-0.2, 0) is 4.79 Å². The molecule has 1 aliphatic heterocycles. The molecule has 6 heteroatoms. The Hall–Kier alpha value is -1.69. The molecular weight excluding hydrogens is 296 g/mol. The van der Waals surface area contributed by atoms with Crippen LogP contribution >= 0.6 is 11.3 Å². The van der Waals surface area contributed by atoms with Crippen molar-refractivity contribution in [1.82, 2.24) is 14.9 Å². The molecule has 0 aromatic carbocycles. The molecule has 1 fully saturated rings. The number of amides is 1. The van der Waals surface area contributed by atoms with E-state index in [1.807, 2.05) is 4.90 Å². The highest BCUT2D eigenvalue weighted by Crippen LogP contribution is 2.32. The van der Waals surface area contributed by atoms with Crippen molar-refractivity contribution >= 4 is 33.3 Å². The number of thiophene rings is 1. The second kappa shape index (κ2) is 6.20. The standard InChI is InChI=1S/C16H22N4OS/c1-10-4-6-20(7-5-10)13(21)8-17-15-14-11(2)12(3)22-16(14)19-9-18-15/h9-10H,4-8H2,1-3H3,(H,17,18,19). The van der Waals surface area contributed by atoms with Crippen LogP contribution in [0.3, 0.4) is 0 Å². The van der Waals surface area contributed by atoms with E-state index in [0.29, 0.717) is 6.54 Å². The number of anilines is 1. The number of likely N-dealkylation sites (tertiary alicyclic amines) is 1. The molecule has 0 aliphatic carbocycles. The molecule has 3 rings (SSSR count). The van der Waals surface area contributed by atoms with Crippen LogP contribution in [0, 0.1) is 19.8 Å². The third-order valence-corrected chi connectivity index (χ3v) is 5.62. The summed E-state index contributed by atoms with van der Waals surface area (Å²) < 4.78 is 0. The summed E-state index contributed by atoms with van der Waals surface area (Å²) in [7, 11) is 0. The van der Waals surface area contributed by atoms with Crippen molar-refractivity contribution in [2.24, 2.45) is 5.92 Å². The summed E-state index contributed by atoms with van der Waals surface area (Å²) in [4.78, 5) is 25.2. The Morgan fingerprint density at radius 2 is 2.09 bits per heavy atom. The number of piperidine rings is 1. The normalized spacial score (nSPS) is 16.2. The third-order valence-electron chi connectivity index (χ3n) is 4.51. The quantitative estimate of drug-likeness (QED) is 0.945. The molecule has 1 N–H and O–H groups in total. The van der Waals surface area contributed by atoms with Gasteiger partial charge in [0.05, 0.1) is 11.9 Å². The zero-order valence-electron chi connectivity index (χ0n) is 13.3. The van der Waals surface area contributed by atoms with Gasteiger partial charge in [-0.1, -0.05) is 6.92 Å². The highest BCUT2D eigenvalue weighted by molar-refractivity contribution is 7.18. The number of rotatable bonds is 3. The van der Waals surface area contributed by atoms with E-state index >= 15 is 0 Å². The number of nitrogens with one attached hydrogen (secondary N) is 1. The molecule has 1 amide bonds. The summed E-state index contributed by atoms with van der Waals surface area (Å²) in [5.74, 6) is 1.66. The first-order chi connectivity index (χ1) is 10.6. The van der Waals surface area contributed by atoms with Crippen LogP contribution in [0.25, 0.3) is 10.2 Å². The van der Waals surface area contributed by atoms with Crippen LogP contribution in [0.2, 0.25) is 0 Å². The van der Waals surface area contributed by atoms with E-state index < -0.39 is 0 Å².